The Morgan fingerprint density at radius 1 is 0.885 bits per heavy atom. The van der Waals surface area contributed by atoms with Gasteiger partial charge in [-0.25, -0.2) is 5.01 Å². The van der Waals surface area contributed by atoms with E-state index in [-0.39, 0.29) is 18.2 Å². The normalized spacial score (nSPS) is 14.2. The summed E-state index contributed by atoms with van der Waals surface area (Å²) in [5.74, 6) is -0.396. The second-order valence-corrected chi connectivity index (χ2v) is 6.10. The molecular weight excluding hydrogens is 326 g/mol. The summed E-state index contributed by atoms with van der Waals surface area (Å²) in [6, 6.07) is 22.9. The van der Waals surface area contributed by atoms with Crippen molar-refractivity contribution in [1.29, 1.82) is 0 Å². The van der Waals surface area contributed by atoms with Gasteiger partial charge in [0.2, 0.25) is 5.91 Å². The van der Waals surface area contributed by atoms with Gasteiger partial charge in [0, 0.05) is 18.5 Å². The van der Waals surface area contributed by atoms with Crippen molar-refractivity contribution in [2.75, 3.05) is 10.3 Å². The van der Waals surface area contributed by atoms with Gasteiger partial charge in [0.15, 0.2) is 0 Å². The minimum Gasteiger partial charge on any atom is -0.321 e. The molecule has 0 saturated carbocycles. The fraction of sp³-hybridized carbons (Fsp3) is 0.0952. The SMILES string of the molecule is O=C(Nc1ccc2ccccc2c1)C1=NN(c2ccccc2)C(=O)CC1. The number of benzene rings is 3. The molecule has 3 aromatic rings. The highest BCUT2D eigenvalue weighted by Gasteiger charge is 2.25. The van der Waals surface area contributed by atoms with Gasteiger partial charge in [0.1, 0.15) is 5.71 Å². The molecule has 0 spiro atoms. The molecule has 5 heteroatoms. The lowest BCUT2D eigenvalue weighted by Crippen LogP contribution is -2.36. The number of anilines is 2. The molecule has 0 radical (unpaired) electrons. The Balaban J connectivity index is 1.57. The minimum atomic E-state index is -0.284. The summed E-state index contributed by atoms with van der Waals surface area (Å²) in [4.78, 5) is 24.8. The lowest BCUT2D eigenvalue weighted by atomic mass is 10.1. The predicted molar refractivity (Wildman–Crippen MR) is 103 cm³/mol. The molecule has 128 valence electrons. The number of nitrogens with one attached hydrogen (secondary N) is 1. The highest BCUT2D eigenvalue weighted by molar-refractivity contribution is 6.44. The van der Waals surface area contributed by atoms with Crippen LogP contribution in [0, 0.1) is 0 Å². The summed E-state index contributed by atoms with van der Waals surface area (Å²) in [7, 11) is 0. The molecule has 0 bridgehead atoms. The van der Waals surface area contributed by atoms with Crippen LogP contribution < -0.4 is 10.3 Å². The van der Waals surface area contributed by atoms with E-state index in [1.807, 2.05) is 60.7 Å². The minimum absolute atomic E-state index is 0.113. The van der Waals surface area contributed by atoms with Crippen molar-refractivity contribution in [1.82, 2.24) is 0 Å². The second-order valence-electron chi connectivity index (χ2n) is 6.10. The Hall–Kier alpha value is -3.47. The molecule has 2 amide bonds. The van der Waals surface area contributed by atoms with E-state index in [1.165, 1.54) is 5.01 Å². The van der Waals surface area contributed by atoms with Crippen molar-refractivity contribution < 1.29 is 9.59 Å². The maximum Gasteiger partial charge on any atom is 0.271 e. The summed E-state index contributed by atoms with van der Waals surface area (Å²) in [6.07, 6.45) is 0.598. The van der Waals surface area contributed by atoms with Crippen LogP contribution in [0.4, 0.5) is 11.4 Å². The molecule has 0 fully saturated rings. The number of para-hydroxylation sites is 1. The third-order valence-corrected chi connectivity index (χ3v) is 4.30. The van der Waals surface area contributed by atoms with Crippen LogP contribution in [0.1, 0.15) is 12.8 Å². The standard InChI is InChI=1S/C21H17N3O2/c25-20-13-12-19(23-24(20)18-8-2-1-3-9-18)21(26)22-17-11-10-15-6-4-5-7-16(15)14-17/h1-11,14H,12-13H2,(H,22,26). The number of amides is 2. The molecule has 5 nitrogen and oxygen atoms in total. The van der Waals surface area contributed by atoms with Crippen molar-refractivity contribution in [3.8, 4) is 0 Å². The Bertz CT molecular complexity index is 1010. The second kappa shape index (κ2) is 6.80. The predicted octanol–water partition coefficient (Wildman–Crippen LogP) is 3.96. The summed E-state index contributed by atoms with van der Waals surface area (Å²) in [6.45, 7) is 0. The molecular formula is C21H17N3O2. The number of carbonyl (C=O) groups is 2. The Kier molecular flexibility index (Phi) is 4.19. The van der Waals surface area contributed by atoms with Crippen LogP contribution in [0.3, 0.4) is 0 Å². The van der Waals surface area contributed by atoms with Crippen LogP contribution in [-0.4, -0.2) is 17.5 Å². The van der Waals surface area contributed by atoms with Crippen LogP contribution in [0.5, 0.6) is 0 Å². The molecule has 1 aliphatic rings. The molecule has 0 aromatic heterocycles. The first-order chi connectivity index (χ1) is 12.7. The number of rotatable bonds is 3. The zero-order chi connectivity index (χ0) is 17.9. The van der Waals surface area contributed by atoms with E-state index in [4.69, 9.17) is 0 Å². The summed E-state index contributed by atoms with van der Waals surface area (Å²) in [5, 5.41) is 10.6. The third-order valence-electron chi connectivity index (χ3n) is 4.30. The lowest BCUT2D eigenvalue weighted by Gasteiger charge is -2.23. The number of nitrogens with zero attached hydrogens (tertiary/aromatic N) is 2. The molecule has 0 atom stereocenters. The zero-order valence-corrected chi connectivity index (χ0v) is 14.1. The van der Waals surface area contributed by atoms with E-state index in [0.717, 1.165) is 10.8 Å². The first-order valence-electron chi connectivity index (χ1n) is 8.46. The molecule has 3 aromatic carbocycles. The number of carbonyl (C=O) groups excluding carboxylic acids is 2. The Morgan fingerprint density at radius 3 is 2.42 bits per heavy atom. The quantitative estimate of drug-likeness (QED) is 0.782. The van der Waals surface area contributed by atoms with E-state index in [9.17, 15) is 9.59 Å². The van der Waals surface area contributed by atoms with Crippen molar-refractivity contribution >= 4 is 39.7 Å². The van der Waals surface area contributed by atoms with Gasteiger partial charge < -0.3 is 5.32 Å². The monoisotopic (exact) mass is 343 g/mol. The fourth-order valence-electron chi connectivity index (χ4n) is 2.96. The van der Waals surface area contributed by atoms with E-state index in [1.54, 1.807) is 12.1 Å². The molecule has 0 aliphatic carbocycles. The smallest absolute Gasteiger partial charge is 0.271 e. The molecule has 0 saturated heterocycles. The summed E-state index contributed by atoms with van der Waals surface area (Å²) < 4.78 is 0. The van der Waals surface area contributed by atoms with Gasteiger partial charge in [-0.1, -0.05) is 48.5 Å². The first kappa shape index (κ1) is 16.0. The zero-order valence-electron chi connectivity index (χ0n) is 14.1. The largest absolute Gasteiger partial charge is 0.321 e. The van der Waals surface area contributed by atoms with E-state index in [2.05, 4.69) is 10.4 Å². The Morgan fingerprint density at radius 2 is 1.62 bits per heavy atom. The molecule has 1 aliphatic heterocycles. The van der Waals surface area contributed by atoms with Crippen LogP contribution in [0.25, 0.3) is 10.8 Å². The van der Waals surface area contributed by atoms with Gasteiger partial charge in [-0.3, -0.25) is 9.59 Å². The maximum atomic E-state index is 12.6. The third kappa shape index (κ3) is 3.19. The molecule has 1 N–H and O–H groups in total. The number of hydrazone groups is 1. The van der Waals surface area contributed by atoms with Crippen LogP contribution in [0.15, 0.2) is 77.9 Å². The molecule has 0 unspecified atom stereocenters. The van der Waals surface area contributed by atoms with Gasteiger partial charge in [0.25, 0.3) is 5.91 Å². The number of fused-ring (bicyclic) bond motifs is 1. The average molecular weight is 343 g/mol. The fourth-order valence-corrected chi connectivity index (χ4v) is 2.96. The van der Waals surface area contributed by atoms with E-state index in [0.29, 0.717) is 23.5 Å². The van der Waals surface area contributed by atoms with Gasteiger partial charge in [0.05, 0.1) is 5.69 Å². The van der Waals surface area contributed by atoms with E-state index >= 15 is 0 Å². The van der Waals surface area contributed by atoms with Crippen molar-refractivity contribution in [3.63, 3.8) is 0 Å². The number of hydrogen-bond donors (Lipinski definition) is 1. The van der Waals surface area contributed by atoms with Crippen LogP contribution >= 0.6 is 0 Å². The van der Waals surface area contributed by atoms with Gasteiger partial charge in [-0.15, -0.1) is 0 Å². The van der Waals surface area contributed by atoms with Crippen molar-refractivity contribution in [2.24, 2.45) is 5.10 Å². The highest BCUT2D eigenvalue weighted by Crippen LogP contribution is 2.22. The lowest BCUT2D eigenvalue weighted by molar-refractivity contribution is -0.118. The first-order valence-corrected chi connectivity index (χ1v) is 8.46. The van der Waals surface area contributed by atoms with E-state index < -0.39 is 0 Å². The van der Waals surface area contributed by atoms with Crippen LogP contribution in [0.2, 0.25) is 0 Å². The van der Waals surface area contributed by atoms with Crippen LogP contribution in [-0.2, 0) is 9.59 Å². The highest BCUT2D eigenvalue weighted by atomic mass is 16.2. The average Bonchev–Trinajstić information content (AvgIpc) is 2.69. The van der Waals surface area contributed by atoms with Gasteiger partial charge in [-0.2, -0.15) is 5.10 Å². The van der Waals surface area contributed by atoms with Gasteiger partial charge in [-0.05, 0) is 35.0 Å². The molecule has 26 heavy (non-hydrogen) atoms. The maximum absolute atomic E-state index is 12.6. The van der Waals surface area contributed by atoms with Gasteiger partial charge >= 0.3 is 0 Å². The summed E-state index contributed by atoms with van der Waals surface area (Å²) >= 11 is 0. The Labute approximate surface area is 150 Å². The van der Waals surface area contributed by atoms with Crippen molar-refractivity contribution in [2.45, 2.75) is 12.8 Å². The molecule has 4 rings (SSSR count). The topological polar surface area (TPSA) is 61.8 Å². The number of hydrogen-bond acceptors (Lipinski definition) is 3. The summed E-state index contributed by atoms with van der Waals surface area (Å²) in [5.41, 5.74) is 1.72. The molecule has 1 heterocycles. The van der Waals surface area contributed by atoms with Crippen molar-refractivity contribution in [3.05, 3.63) is 72.8 Å².